The molecule has 0 saturated heterocycles. The summed E-state index contributed by atoms with van der Waals surface area (Å²) in [6, 6.07) is 15.9. The van der Waals surface area contributed by atoms with Crippen LogP contribution in [-0.4, -0.2) is 11.1 Å². The Hall–Kier alpha value is -1.54. The van der Waals surface area contributed by atoms with Gasteiger partial charge in [-0.3, -0.25) is 0 Å². The summed E-state index contributed by atoms with van der Waals surface area (Å²) in [6.45, 7) is 2.37. The summed E-state index contributed by atoms with van der Waals surface area (Å²) in [7, 11) is 0. The molecule has 1 aromatic heterocycles. The lowest BCUT2D eigenvalue weighted by atomic mass is 10.0. The van der Waals surface area contributed by atoms with Crippen LogP contribution in [0.15, 0.2) is 48.7 Å². The minimum atomic E-state index is 0.638. The van der Waals surface area contributed by atoms with Crippen molar-refractivity contribution in [2.24, 2.45) is 0 Å². The molecule has 2 heterocycles. The van der Waals surface area contributed by atoms with E-state index < -0.39 is 0 Å². The van der Waals surface area contributed by atoms with Crippen LogP contribution in [0.1, 0.15) is 23.7 Å². The van der Waals surface area contributed by atoms with E-state index in [2.05, 4.69) is 58.5 Å². The molecule has 3 rings (SSSR count). The number of quaternary nitrogens is 1. The van der Waals surface area contributed by atoms with Crippen molar-refractivity contribution in [3.05, 3.63) is 59.9 Å². The third-order valence-electron chi connectivity index (χ3n) is 3.65. The zero-order chi connectivity index (χ0) is 11.5. The van der Waals surface area contributed by atoms with Gasteiger partial charge in [0.05, 0.1) is 18.8 Å². The molecule has 1 aliphatic rings. The molecule has 0 unspecified atom stereocenters. The van der Waals surface area contributed by atoms with Gasteiger partial charge in [0.1, 0.15) is 6.04 Å². The van der Waals surface area contributed by atoms with Gasteiger partial charge in [0.2, 0.25) is 0 Å². The molecule has 1 atom stereocenters. The van der Waals surface area contributed by atoms with Gasteiger partial charge >= 0.3 is 0 Å². The maximum absolute atomic E-state index is 2.48. The van der Waals surface area contributed by atoms with E-state index in [1.807, 2.05) is 0 Å². The molecule has 0 aliphatic carbocycles. The number of rotatable bonds is 3. The fraction of sp³-hybridized carbons (Fsp3) is 0.333. The van der Waals surface area contributed by atoms with Gasteiger partial charge in [-0.05, 0) is 24.1 Å². The van der Waals surface area contributed by atoms with E-state index >= 15 is 0 Å². The standard InChI is InChI=1S/C15H18N2/c1-2-5-13(6-3-1)8-9-14-15-7-4-11-17(15)12-10-16-14/h1-7,11,14,16H,8-10,12H2/p+1/t14-/m0/s1. The van der Waals surface area contributed by atoms with Crippen LogP contribution in [0.25, 0.3) is 0 Å². The minimum Gasteiger partial charge on any atom is -0.341 e. The first-order valence-electron chi connectivity index (χ1n) is 6.46. The van der Waals surface area contributed by atoms with Crippen LogP contribution < -0.4 is 5.32 Å². The zero-order valence-electron chi connectivity index (χ0n) is 10.0. The number of benzene rings is 1. The monoisotopic (exact) mass is 227 g/mol. The molecule has 2 nitrogen and oxygen atoms in total. The number of nitrogens with two attached hydrogens (primary N) is 1. The lowest BCUT2D eigenvalue weighted by Gasteiger charge is -2.23. The highest BCUT2D eigenvalue weighted by atomic mass is 15.1. The number of nitrogens with zero attached hydrogens (tertiary/aromatic N) is 1. The Kier molecular flexibility index (Phi) is 2.97. The topological polar surface area (TPSA) is 21.5 Å². The molecule has 1 aliphatic heterocycles. The van der Waals surface area contributed by atoms with Crippen molar-refractivity contribution in [3.63, 3.8) is 0 Å². The smallest absolute Gasteiger partial charge is 0.127 e. The first-order chi connectivity index (χ1) is 8.43. The Balaban J connectivity index is 1.68. The molecule has 2 aromatic rings. The molecule has 0 spiro atoms. The van der Waals surface area contributed by atoms with E-state index in [0.717, 1.165) is 6.54 Å². The van der Waals surface area contributed by atoms with Gasteiger partial charge in [-0.25, -0.2) is 0 Å². The normalized spacial score (nSPS) is 18.9. The van der Waals surface area contributed by atoms with E-state index in [-0.39, 0.29) is 0 Å². The highest BCUT2D eigenvalue weighted by Crippen LogP contribution is 2.18. The quantitative estimate of drug-likeness (QED) is 0.825. The third kappa shape index (κ3) is 2.27. The second-order valence-electron chi connectivity index (χ2n) is 4.78. The summed E-state index contributed by atoms with van der Waals surface area (Å²) >= 11 is 0. The van der Waals surface area contributed by atoms with Crippen LogP contribution in [0, 0.1) is 0 Å². The van der Waals surface area contributed by atoms with Crippen molar-refractivity contribution in [2.75, 3.05) is 6.54 Å². The lowest BCUT2D eigenvalue weighted by Crippen LogP contribution is -2.87. The molecule has 2 N–H and O–H groups in total. The second-order valence-corrected chi connectivity index (χ2v) is 4.78. The van der Waals surface area contributed by atoms with E-state index in [9.17, 15) is 0 Å². The predicted octanol–water partition coefficient (Wildman–Crippen LogP) is 1.74. The predicted molar refractivity (Wildman–Crippen MR) is 68.7 cm³/mol. The molecule has 17 heavy (non-hydrogen) atoms. The SMILES string of the molecule is c1ccc(CC[C@@H]2[NH2+]CCn3cccc32)cc1. The van der Waals surface area contributed by atoms with Crippen LogP contribution in [0.4, 0.5) is 0 Å². The lowest BCUT2D eigenvalue weighted by molar-refractivity contribution is -0.703. The van der Waals surface area contributed by atoms with Gasteiger partial charge in [-0.1, -0.05) is 30.3 Å². The van der Waals surface area contributed by atoms with Crippen molar-refractivity contribution < 1.29 is 5.32 Å². The average Bonchev–Trinajstić information content (AvgIpc) is 2.86. The van der Waals surface area contributed by atoms with Crippen LogP contribution in [0.5, 0.6) is 0 Å². The van der Waals surface area contributed by atoms with Crippen molar-refractivity contribution in [2.45, 2.75) is 25.4 Å². The first kappa shape index (κ1) is 10.6. The Bertz CT molecular complexity index is 473. The maximum Gasteiger partial charge on any atom is 0.127 e. The summed E-state index contributed by atoms with van der Waals surface area (Å²) in [4.78, 5) is 0. The molecule has 88 valence electrons. The molecule has 0 radical (unpaired) electrons. The first-order valence-corrected chi connectivity index (χ1v) is 6.46. The van der Waals surface area contributed by atoms with E-state index in [1.54, 1.807) is 0 Å². The highest BCUT2D eigenvalue weighted by molar-refractivity contribution is 5.16. The second kappa shape index (κ2) is 4.76. The maximum atomic E-state index is 2.48. The Morgan fingerprint density at radius 3 is 2.88 bits per heavy atom. The molecule has 0 amide bonds. The summed E-state index contributed by atoms with van der Waals surface area (Å²) < 4.78 is 2.40. The summed E-state index contributed by atoms with van der Waals surface area (Å²) in [6.07, 6.45) is 4.61. The molecule has 2 heteroatoms. The van der Waals surface area contributed by atoms with Crippen LogP contribution in [0.2, 0.25) is 0 Å². The van der Waals surface area contributed by atoms with Crippen molar-refractivity contribution in [3.8, 4) is 0 Å². The number of fused-ring (bicyclic) bond motifs is 1. The number of aromatic nitrogens is 1. The van der Waals surface area contributed by atoms with E-state index in [4.69, 9.17) is 0 Å². The van der Waals surface area contributed by atoms with Crippen molar-refractivity contribution in [1.82, 2.24) is 4.57 Å². The zero-order valence-corrected chi connectivity index (χ0v) is 10.0. The third-order valence-corrected chi connectivity index (χ3v) is 3.65. The number of hydrogen-bond acceptors (Lipinski definition) is 0. The molecule has 1 aromatic carbocycles. The number of hydrogen-bond donors (Lipinski definition) is 1. The van der Waals surface area contributed by atoms with Crippen molar-refractivity contribution in [1.29, 1.82) is 0 Å². The average molecular weight is 227 g/mol. The fourth-order valence-corrected chi connectivity index (χ4v) is 2.74. The Morgan fingerprint density at radius 1 is 1.12 bits per heavy atom. The minimum absolute atomic E-state index is 0.638. The molecule has 0 bridgehead atoms. The van der Waals surface area contributed by atoms with Crippen LogP contribution in [-0.2, 0) is 13.0 Å². The van der Waals surface area contributed by atoms with Gasteiger partial charge < -0.3 is 9.88 Å². The molecule has 0 fully saturated rings. The van der Waals surface area contributed by atoms with E-state index in [1.165, 1.54) is 30.6 Å². The summed E-state index contributed by atoms with van der Waals surface area (Å²) in [5.74, 6) is 0. The Labute approximate surface area is 102 Å². The van der Waals surface area contributed by atoms with Crippen LogP contribution >= 0.6 is 0 Å². The highest BCUT2D eigenvalue weighted by Gasteiger charge is 2.21. The van der Waals surface area contributed by atoms with Gasteiger partial charge in [0.25, 0.3) is 0 Å². The fourth-order valence-electron chi connectivity index (χ4n) is 2.74. The van der Waals surface area contributed by atoms with Gasteiger partial charge in [-0.15, -0.1) is 0 Å². The Morgan fingerprint density at radius 2 is 2.00 bits per heavy atom. The van der Waals surface area contributed by atoms with Crippen LogP contribution in [0.3, 0.4) is 0 Å². The summed E-state index contributed by atoms with van der Waals surface area (Å²) in [5, 5.41) is 2.48. The molecule has 0 saturated carbocycles. The molecular formula is C15H19N2+. The van der Waals surface area contributed by atoms with Gasteiger partial charge in [-0.2, -0.15) is 0 Å². The molecular weight excluding hydrogens is 208 g/mol. The van der Waals surface area contributed by atoms with E-state index in [0.29, 0.717) is 6.04 Å². The largest absolute Gasteiger partial charge is 0.341 e. The van der Waals surface area contributed by atoms with Gasteiger partial charge in [0, 0.05) is 12.6 Å². The van der Waals surface area contributed by atoms with Crippen molar-refractivity contribution >= 4 is 0 Å². The summed E-state index contributed by atoms with van der Waals surface area (Å²) in [5.41, 5.74) is 2.94. The van der Waals surface area contributed by atoms with Gasteiger partial charge in [0.15, 0.2) is 0 Å². The number of aryl methyl sites for hydroxylation is 1.